The van der Waals surface area contributed by atoms with Gasteiger partial charge in [-0.05, 0) is 58.8 Å². The van der Waals surface area contributed by atoms with E-state index in [1.54, 1.807) is 6.07 Å². The van der Waals surface area contributed by atoms with Crippen molar-refractivity contribution in [3.05, 3.63) is 27.7 Å². The van der Waals surface area contributed by atoms with E-state index >= 15 is 0 Å². The first-order chi connectivity index (χ1) is 9.38. The summed E-state index contributed by atoms with van der Waals surface area (Å²) in [6, 6.07) is 4.65. The molecule has 0 aromatic heterocycles. The second-order valence-electron chi connectivity index (χ2n) is 5.55. The first-order valence-corrected chi connectivity index (χ1v) is 9.48. The van der Waals surface area contributed by atoms with Gasteiger partial charge in [-0.2, -0.15) is 0 Å². The van der Waals surface area contributed by atoms with Crippen molar-refractivity contribution in [3.8, 4) is 0 Å². The topological polar surface area (TPSA) is 46.2 Å². The average Bonchev–Trinajstić information content (AvgIpc) is 2.41. The molecule has 0 spiro atoms. The summed E-state index contributed by atoms with van der Waals surface area (Å²) >= 11 is 9.13. The highest BCUT2D eigenvalue weighted by atomic mass is 79.9. The van der Waals surface area contributed by atoms with Crippen LogP contribution in [0.25, 0.3) is 0 Å². The third-order valence-electron chi connectivity index (χ3n) is 3.90. The summed E-state index contributed by atoms with van der Waals surface area (Å²) in [4.78, 5) is 0.248. The summed E-state index contributed by atoms with van der Waals surface area (Å²) < 4.78 is 27.8. The van der Waals surface area contributed by atoms with Gasteiger partial charge in [0.05, 0.1) is 9.92 Å². The predicted octanol–water partition coefficient (Wildman–Crippen LogP) is 4.21. The van der Waals surface area contributed by atoms with Gasteiger partial charge in [0.2, 0.25) is 10.0 Å². The van der Waals surface area contributed by atoms with Gasteiger partial charge in [-0.1, -0.05) is 31.4 Å². The Balaban J connectivity index is 1.98. The maximum Gasteiger partial charge on any atom is 0.240 e. The van der Waals surface area contributed by atoms with Crippen LogP contribution in [0.1, 0.15) is 32.6 Å². The van der Waals surface area contributed by atoms with Crippen molar-refractivity contribution < 1.29 is 8.42 Å². The van der Waals surface area contributed by atoms with Crippen LogP contribution in [0.2, 0.25) is 5.02 Å². The Kier molecular flexibility index (Phi) is 5.51. The van der Waals surface area contributed by atoms with Crippen molar-refractivity contribution in [2.45, 2.75) is 37.5 Å². The normalized spacial score (nSPS) is 23.8. The summed E-state index contributed by atoms with van der Waals surface area (Å²) in [5, 5.41) is 0.505. The first kappa shape index (κ1) is 16.3. The van der Waals surface area contributed by atoms with Crippen LogP contribution in [0.5, 0.6) is 0 Å². The molecule has 0 aliphatic heterocycles. The molecule has 1 aromatic carbocycles. The monoisotopic (exact) mass is 379 g/mol. The molecule has 2 rings (SSSR count). The van der Waals surface area contributed by atoms with Crippen LogP contribution in [0, 0.1) is 11.8 Å². The summed E-state index contributed by atoms with van der Waals surface area (Å²) in [7, 11) is -3.45. The molecule has 3 nitrogen and oxygen atoms in total. The lowest BCUT2D eigenvalue weighted by atomic mass is 9.83. The average molecular weight is 381 g/mol. The van der Waals surface area contributed by atoms with Crippen LogP contribution >= 0.6 is 27.5 Å². The van der Waals surface area contributed by atoms with E-state index in [1.807, 2.05) is 0 Å². The van der Waals surface area contributed by atoms with Gasteiger partial charge < -0.3 is 0 Å². The Morgan fingerprint density at radius 2 is 1.95 bits per heavy atom. The van der Waals surface area contributed by atoms with Crippen molar-refractivity contribution in [1.82, 2.24) is 4.72 Å². The van der Waals surface area contributed by atoms with Crippen molar-refractivity contribution in [2.75, 3.05) is 6.54 Å². The zero-order valence-electron chi connectivity index (χ0n) is 11.4. The summed E-state index contributed by atoms with van der Waals surface area (Å²) in [6.07, 6.45) is 4.60. The van der Waals surface area contributed by atoms with Crippen molar-refractivity contribution in [3.63, 3.8) is 0 Å². The molecule has 0 saturated heterocycles. The van der Waals surface area contributed by atoms with E-state index in [2.05, 4.69) is 27.6 Å². The standard InChI is InChI=1S/C14H19BrClNO2S/c1-10-2-4-11(5-3-10)9-17-20(18,19)12-6-7-14(16)13(15)8-12/h6-8,10-11,17H,2-5,9H2,1H3. The van der Waals surface area contributed by atoms with E-state index in [0.29, 0.717) is 22.0 Å². The minimum absolute atomic E-state index is 0.248. The molecule has 0 atom stereocenters. The van der Waals surface area contributed by atoms with Crippen LogP contribution in [-0.4, -0.2) is 15.0 Å². The Bertz CT molecular complexity index is 569. The largest absolute Gasteiger partial charge is 0.240 e. The smallest absolute Gasteiger partial charge is 0.211 e. The fraction of sp³-hybridized carbons (Fsp3) is 0.571. The number of halogens is 2. The Morgan fingerprint density at radius 1 is 1.30 bits per heavy atom. The van der Waals surface area contributed by atoms with E-state index in [4.69, 9.17) is 11.6 Å². The lowest BCUT2D eigenvalue weighted by molar-refractivity contribution is 0.290. The molecule has 6 heteroatoms. The summed E-state index contributed by atoms with van der Waals surface area (Å²) in [5.74, 6) is 1.23. The minimum Gasteiger partial charge on any atom is -0.211 e. The van der Waals surface area contributed by atoms with Gasteiger partial charge in [-0.15, -0.1) is 0 Å². The molecule has 1 N–H and O–H groups in total. The molecular formula is C14H19BrClNO2S. The van der Waals surface area contributed by atoms with E-state index < -0.39 is 10.0 Å². The van der Waals surface area contributed by atoms with Crippen LogP contribution < -0.4 is 4.72 Å². The van der Waals surface area contributed by atoms with Crippen LogP contribution in [-0.2, 0) is 10.0 Å². The Labute approximate surface area is 134 Å². The van der Waals surface area contributed by atoms with Gasteiger partial charge in [0.15, 0.2) is 0 Å². The molecule has 112 valence electrons. The molecule has 0 unspecified atom stereocenters. The lowest BCUT2D eigenvalue weighted by Gasteiger charge is -2.26. The minimum atomic E-state index is -3.45. The molecule has 20 heavy (non-hydrogen) atoms. The zero-order chi connectivity index (χ0) is 14.8. The van der Waals surface area contributed by atoms with E-state index in [1.165, 1.54) is 25.0 Å². The van der Waals surface area contributed by atoms with Gasteiger partial charge >= 0.3 is 0 Å². The summed E-state index contributed by atoms with van der Waals surface area (Å²) in [5.41, 5.74) is 0. The van der Waals surface area contributed by atoms with Crippen molar-refractivity contribution in [2.24, 2.45) is 11.8 Å². The number of nitrogens with one attached hydrogen (secondary N) is 1. The number of benzene rings is 1. The highest BCUT2D eigenvalue weighted by molar-refractivity contribution is 9.10. The molecule has 1 aliphatic rings. The molecular weight excluding hydrogens is 362 g/mol. The number of sulfonamides is 1. The quantitative estimate of drug-likeness (QED) is 0.850. The van der Waals surface area contributed by atoms with Gasteiger partial charge in [0.25, 0.3) is 0 Å². The zero-order valence-corrected chi connectivity index (χ0v) is 14.6. The van der Waals surface area contributed by atoms with E-state index in [9.17, 15) is 8.42 Å². The van der Waals surface area contributed by atoms with Crippen LogP contribution in [0.3, 0.4) is 0 Å². The van der Waals surface area contributed by atoms with Crippen LogP contribution in [0.4, 0.5) is 0 Å². The van der Waals surface area contributed by atoms with Crippen LogP contribution in [0.15, 0.2) is 27.6 Å². The molecule has 0 heterocycles. The summed E-state index contributed by atoms with van der Waals surface area (Å²) in [6.45, 7) is 2.78. The maximum atomic E-state index is 12.2. The fourth-order valence-corrected chi connectivity index (χ4v) is 4.28. The molecule has 0 radical (unpaired) electrons. The SMILES string of the molecule is CC1CCC(CNS(=O)(=O)c2ccc(Cl)c(Br)c2)CC1. The number of hydrogen-bond donors (Lipinski definition) is 1. The van der Waals surface area contributed by atoms with E-state index in [0.717, 1.165) is 18.8 Å². The number of rotatable bonds is 4. The molecule has 0 amide bonds. The first-order valence-electron chi connectivity index (χ1n) is 6.83. The van der Waals surface area contributed by atoms with Gasteiger partial charge in [0, 0.05) is 11.0 Å². The van der Waals surface area contributed by atoms with Gasteiger partial charge in [0.1, 0.15) is 0 Å². The third-order valence-corrected chi connectivity index (χ3v) is 6.53. The van der Waals surface area contributed by atoms with Gasteiger partial charge in [-0.25, -0.2) is 13.1 Å². The Hall–Kier alpha value is -0.100. The maximum absolute atomic E-state index is 12.2. The second-order valence-corrected chi connectivity index (χ2v) is 8.58. The highest BCUT2D eigenvalue weighted by Crippen LogP contribution is 2.28. The second kappa shape index (κ2) is 6.77. The lowest BCUT2D eigenvalue weighted by Crippen LogP contribution is -2.31. The predicted molar refractivity (Wildman–Crippen MR) is 85.5 cm³/mol. The van der Waals surface area contributed by atoms with Crippen molar-refractivity contribution in [1.29, 1.82) is 0 Å². The third kappa shape index (κ3) is 4.20. The van der Waals surface area contributed by atoms with Crippen molar-refractivity contribution >= 4 is 37.6 Å². The highest BCUT2D eigenvalue weighted by Gasteiger charge is 2.21. The number of hydrogen-bond acceptors (Lipinski definition) is 2. The molecule has 1 saturated carbocycles. The molecule has 1 aliphatic carbocycles. The Morgan fingerprint density at radius 3 is 2.55 bits per heavy atom. The fourth-order valence-electron chi connectivity index (χ4n) is 2.49. The molecule has 0 bridgehead atoms. The van der Waals surface area contributed by atoms with Gasteiger partial charge in [-0.3, -0.25) is 0 Å². The van der Waals surface area contributed by atoms with E-state index in [-0.39, 0.29) is 4.90 Å². The molecule has 1 aromatic rings. The molecule has 1 fully saturated rings.